The van der Waals surface area contributed by atoms with Crippen LogP contribution in [0.4, 0.5) is 0 Å². The highest BCUT2D eigenvalue weighted by atomic mass is 16.1. The first-order valence-electron chi connectivity index (χ1n) is 3.26. The predicted octanol–water partition coefficient (Wildman–Crippen LogP) is 0.795. The van der Waals surface area contributed by atoms with Gasteiger partial charge in [0.05, 0.1) is 0 Å². The van der Waals surface area contributed by atoms with Crippen molar-refractivity contribution in [2.45, 2.75) is 13.3 Å². The van der Waals surface area contributed by atoms with Crippen LogP contribution in [0.2, 0.25) is 0 Å². The van der Waals surface area contributed by atoms with Crippen LogP contribution in [0.15, 0.2) is 11.8 Å². The fourth-order valence-electron chi connectivity index (χ4n) is 0.975. The maximum absolute atomic E-state index is 10.2. The summed E-state index contributed by atoms with van der Waals surface area (Å²) in [5.41, 5.74) is 0.928. The normalized spacial score (nSPS) is 17.9. The van der Waals surface area contributed by atoms with E-state index in [9.17, 15) is 4.79 Å². The topological polar surface area (TPSA) is 20.3 Å². The molecule has 0 aromatic rings. The summed E-state index contributed by atoms with van der Waals surface area (Å²) in [7, 11) is 0. The molecule has 0 aliphatic carbocycles. The van der Waals surface area contributed by atoms with Crippen LogP contribution in [0.1, 0.15) is 13.3 Å². The van der Waals surface area contributed by atoms with Crippen molar-refractivity contribution in [3.8, 4) is 0 Å². The molecule has 0 amide bonds. The highest BCUT2D eigenvalue weighted by Crippen LogP contribution is 2.10. The maximum atomic E-state index is 10.2. The minimum Gasteiger partial charge on any atom is -0.377 e. The van der Waals surface area contributed by atoms with Crippen molar-refractivity contribution in [3.63, 3.8) is 0 Å². The zero-order chi connectivity index (χ0) is 6.69. The van der Waals surface area contributed by atoms with Crippen LogP contribution in [0.3, 0.4) is 0 Å². The van der Waals surface area contributed by atoms with E-state index in [0.29, 0.717) is 0 Å². The van der Waals surface area contributed by atoms with Gasteiger partial charge in [-0.2, -0.15) is 0 Å². The van der Waals surface area contributed by atoms with Gasteiger partial charge in [-0.1, -0.05) is 0 Å². The Bertz CT molecular complexity index is 140. The van der Waals surface area contributed by atoms with Crippen molar-refractivity contribution in [1.29, 1.82) is 0 Å². The van der Waals surface area contributed by atoms with Crippen LogP contribution in [-0.4, -0.2) is 24.3 Å². The van der Waals surface area contributed by atoms with Crippen molar-refractivity contribution in [1.82, 2.24) is 4.90 Å². The average Bonchev–Trinajstić information content (AvgIpc) is 2.34. The van der Waals surface area contributed by atoms with E-state index in [-0.39, 0.29) is 0 Å². The Hall–Kier alpha value is -0.790. The van der Waals surface area contributed by atoms with E-state index in [1.54, 1.807) is 0 Å². The molecule has 2 heteroatoms. The number of rotatable bonds is 2. The van der Waals surface area contributed by atoms with Gasteiger partial charge in [-0.15, -0.1) is 0 Å². The number of aldehydes is 1. The molecule has 1 aliphatic rings. The molecule has 1 rings (SSSR count). The van der Waals surface area contributed by atoms with Gasteiger partial charge >= 0.3 is 0 Å². The molecule has 0 aromatic carbocycles. The Kier molecular flexibility index (Phi) is 1.88. The number of hydrogen-bond donors (Lipinski definition) is 0. The molecule has 0 bridgehead atoms. The molecule has 0 fully saturated rings. The number of nitrogens with zero attached hydrogens (tertiary/aromatic N) is 1. The van der Waals surface area contributed by atoms with Crippen molar-refractivity contribution in [3.05, 3.63) is 11.8 Å². The highest BCUT2D eigenvalue weighted by Gasteiger charge is 2.08. The molecule has 9 heavy (non-hydrogen) atoms. The molecule has 0 spiro atoms. The van der Waals surface area contributed by atoms with Crippen LogP contribution in [0.25, 0.3) is 0 Å². The minimum atomic E-state index is 0.928. The largest absolute Gasteiger partial charge is 0.377 e. The second kappa shape index (κ2) is 2.67. The fraction of sp³-hybridized carbons (Fsp3) is 0.571. The summed E-state index contributed by atoms with van der Waals surface area (Å²) in [5.74, 6) is 0. The molecule has 0 aromatic heterocycles. The quantitative estimate of drug-likeness (QED) is 0.509. The van der Waals surface area contributed by atoms with Crippen LogP contribution < -0.4 is 0 Å². The third-order valence-electron chi connectivity index (χ3n) is 1.59. The number of hydrogen-bond acceptors (Lipinski definition) is 2. The van der Waals surface area contributed by atoms with E-state index in [1.807, 2.05) is 6.20 Å². The third kappa shape index (κ3) is 1.31. The molecule has 0 unspecified atom stereocenters. The molecule has 0 saturated heterocycles. The summed E-state index contributed by atoms with van der Waals surface area (Å²) >= 11 is 0. The Morgan fingerprint density at radius 2 is 2.67 bits per heavy atom. The summed E-state index contributed by atoms with van der Waals surface area (Å²) in [6.45, 7) is 4.12. The van der Waals surface area contributed by atoms with E-state index in [1.165, 1.54) is 0 Å². The van der Waals surface area contributed by atoms with Gasteiger partial charge in [0.1, 0.15) is 6.29 Å². The third-order valence-corrected chi connectivity index (χ3v) is 1.59. The standard InChI is InChI=1S/C7H11NO/c1-2-8-4-3-7(5-8)6-9/h5-6H,2-4H2,1H3. The summed E-state index contributed by atoms with van der Waals surface area (Å²) in [5, 5.41) is 0. The van der Waals surface area contributed by atoms with Gasteiger partial charge in [-0.3, -0.25) is 4.79 Å². The van der Waals surface area contributed by atoms with E-state index in [0.717, 1.165) is 31.4 Å². The van der Waals surface area contributed by atoms with Crippen molar-refractivity contribution in [2.75, 3.05) is 13.1 Å². The lowest BCUT2D eigenvalue weighted by atomic mass is 10.3. The van der Waals surface area contributed by atoms with Gasteiger partial charge in [-0.05, 0) is 13.3 Å². The van der Waals surface area contributed by atoms with Crippen LogP contribution in [0.5, 0.6) is 0 Å². The van der Waals surface area contributed by atoms with Crippen molar-refractivity contribution < 1.29 is 4.79 Å². The van der Waals surface area contributed by atoms with E-state index >= 15 is 0 Å². The SMILES string of the molecule is CCN1C=C(C=O)CC1. The summed E-state index contributed by atoms with van der Waals surface area (Å²) in [6, 6.07) is 0. The Morgan fingerprint density at radius 1 is 1.89 bits per heavy atom. The van der Waals surface area contributed by atoms with Gasteiger partial charge in [0.25, 0.3) is 0 Å². The van der Waals surface area contributed by atoms with Crippen LogP contribution in [-0.2, 0) is 4.79 Å². The van der Waals surface area contributed by atoms with Crippen LogP contribution >= 0.6 is 0 Å². The minimum absolute atomic E-state index is 0.928. The Morgan fingerprint density at radius 3 is 3.00 bits per heavy atom. The fourth-order valence-corrected chi connectivity index (χ4v) is 0.975. The van der Waals surface area contributed by atoms with Gasteiger partial charge in [0.15, 0.2) is 0 Å². The lowest BCUT2D eigenvalue weighted by Gasteiger charge is -2.09. The van der Waals surface area contributed by atoms with Gasteiger partial charge in [0.2, 0.25) is 0 Å². The number of carbonyl (C=O) groups is 1. The lowest BCUT2D eigenvalue weighted by molar-refractivity contribution is -0.105. The molecule has 0 radical (unpaired) electrons. The second-order valence-electron chi connectivity index (χ2n) is 2.20. The molecule has 0 atom stereocenters. The van der Waals surface area contributed by atoms with Crippen molar-refractivity contribution >= 4 is 6.29 Å². The van der Waals surface area contributed by atoms with Gasteiger partial charge in [-0.25, -0.2) is 0 Å². The maximum Gasteiger partial charge on any atom is 0.147 e. The first kappa shape index (κ1) is 6.33. The molecule has 2 nitrogen and oxygen atoms in total. The van der Waals surface area contributed by atoms with Crippen molar-refractivity contribution in [2.24, 2.45) is 0 Å². The van der Waals surface area contributed by atoms with E-state index in [2.05, 4.69) is 11.8 Å². The zero-order valence-electron chi connectivity index (χ0n) is 5.63. The predicted molar refractivity (Wildman–Crippen MR) is 36.0 cm³/mol. The molecule has 1 aliphatic heterocycles. The summed E-state index contributed by atoms with van der Waals surface area (Å²) in [6.07, 6.45) is 3.81. The summed E-state index contributed by atoms with van der Waals surface area (Å²) < 4.78 is 0. The molecular weight excluding hydrogens is 114 g/mol. The first-order chi connectivity index (χ1) is 4.36. The van der Waals surface area contributed by atoms with E-state index < -0.39 is 0 Å². The van der Waals surface area contributed by atoms with Gasteiger partial charge < -0.3 is 4.90 Å². The zero-order valence-corrected chi connectivity index (χ0v) is 5.63. The Labute approximate surface area is 55.2 Å². The molecular formula is C7H11NO. The molecule has 1 heterocycles. The smallest absolute Gasteiger partial charge is 0.147 e. The molecule has 0 N–H and O–H groups in total. The lowest BCUT2D eigenvalue weighted by Crippen LogP contribution is -2.12. The second-order valence-corrected chi connectivity index (χ2v) is 2.20. The first-order valence-corrected chi connectivity index (χ1v) is 3.26. The average molecular weight is 125 g/mol. The molecule has 50 valence electrons. The highest BCUT2D eigenvalue weighted by molar-refractivity contribution is 5.73. The monoisotopic (exact) mass is 125 g/mol. The van der Waals surface area contributed by atoms with E-state index in [4.69, 9.17) is 0 Å². The Balaban J connectivity index is 2.49. The van der Waals surface area contributed by atoms with Crippen LogP contribution in [0, 0.1) is 0 Å². The number of carbonyl (C=O) groups excluding carboxylic acids is 1. The van der Waals surface area contributed by atoms with Gasteiger partial charge in [0, 0.05) is 24.9 Å². The molecule has 0 saturated carbocycles. The summed E-state index contributed by atoms with van der Waals surface area (Å²) in [4.78, 5) is 12.3.